The van der Waals surface area contributed by atoms with E-state index in [1.165, 1.54) is 13.2 Å². The summed E-state index contributed by atoms with van der Waals surface area (Å²) in [6.45, 7) is 3.55. The van der Waals surface area contributed by atoms with E-state index in [1.807, 2.05) is 47.9 Å². The third-order valence-electron chi connectivity index (χ3n) is 7.90. The van der Waals surface area contributed by atoms with E-state index < -0.39 is 11.7 Å². The molecule has 0 amide bonds. The van der Waals surface area contributed by atoms with Crippen molar-refractivity contribution in [3.05, 3.63) is 82.7 Å². The van der Waals surface area contributed by atoms with Gasteiger partial charge in [-0.05, 0) is 61.2 Å². The molecule has 1 aromatic heterocycles. The summed E-state index contributed by atoms with van der Waals surface area (Å²) in [6, 6.07) is 15.5. The Morgan fingerprint density at radius 2 is 2.02 bits per heavy atom. The molecule has 2 unspecified atom stereocenters. The highest BCUT2D eigenvalue weighted by molar-refractivity contribution is 5.80. The number of carbonyl (C=O) groups is 1. The minimum Gasteiger partial charge on any atom is -0.493 e. The number of methoxy groups -OCH3 is 1. The lowest BCUT2D eigenvalue weighted by molar-refractivity contribution is -0.141. The molecule has 2 aliphatic heterocycles. The van der Waals surface area contributed by atoms with Gasteiger partial charge in [-0.15, -0.1) is 0 Å². The number of nitrogens with one attached hydrogen (secondary N) is 1. The zero-order chi connectivity index (χ0) is 28.7. The van der Waals surface area contributed by atoms with Crippen molar-refractivity contribution in [1.29, 1.82) is 0 Å². The molecule has 1 N–H and O–H groups in total. The second kappa shape index (κ2) is 10.7. The number of aromatic nitrogens is 2. The molecule has 1 fully saturated rings. The Kier molecular flexibility index (Phi) is 7.11. The Morgan fingerprint density at radius 3 is 2.78 bits per heavy atom. The average Bonchev–Trinajstić information content (AvgIpc) is 3.70. The number of nitrogens with zero attached hydrogens (tertiary/aromatic N) is 2. The van der Waals surface area contributed by atoms with E-state index in [0.717, 1.165) is 58.8 Å². The molecule has 41 heavy (non-hydrogen) atoms. The molecule has 0 aliphatic carbocycles. The maximum absolute atomic E-state index is 13.5. The second-order valence-corrected chi connectivity index (χ2v) is 10.5. The fourth-order valence-corrected chi connectivity index (χ4v) is 5.67. The normalized spacial score (nSPS) is 18.4. The number of hydrogen-bond donors (Lipinski definition) is 1. The molecule has 2 atom stereocenters. The van der Waals surface area contributed by atoms with Crippen molar-refractivity contribution in [2.75, 3.05) is 25.6 Å². The summed E-state index contributed by atoms with van der Waals surface area (Å²) < 4.78 is 58.9. The topological polar surface area (TPSA) is 74.6 Å². The van der Waals surface area contributed by atoms with Crippen LogP contribution in [0.25, 0.3) is 16.7 Å². The molecule has 3 heterocycles. The molecule has 0 spiro atoms. The van der Waals surface area contributed by atoms with Crippen molar-refractivity contribution in [3.8, 4) is 11.4 Å². The summed E-state index contributed by atoms with van der Waals surface area (Å²) in [5.74, 6) is 1.07. The van der Waals surface area contributed by atoms with Crippen LogP contribution in [-0.4, -0.2) is 35.8 Å². The molecule has 2 aliphatic rings. The van der Waals surface area contributed by atoms with Gasteiger partial charge in [0.2, 0.25) is 0 Å². The van der Waals surface area contributed by atoms with Crippen molar-refractivity contribution < 1.29 is 32.2 Å². The molecule has 1 saturated heterocycles. The van der Waals surface area contributed by atoms with Crippen molar-refractivity contribution in [2.45, 2.75) is 50.9 Å². The fraction of sp³-hybridized carbons (Fsp3) is 0.355. The molecular formula is C31H30F3N3O4. The number of anilines is 1. The smallest absolute Gasteiger partial charge is 0.416 e. The van der Waals surface area contributed by atoms with E-state index in [2.05, 4.69) is 10.3 Å². The molecular weight excluding hydrogens is 535 g/mol. The molecule has 0 saturated carbocycles. The van der Waals surface area contributed by atoms with Crippen LogP contribution in [-0.2, 0) is 27.0 Å². The molecule has 4 aromatic rings. The average molecular weight is 566 g/mol. The van der Waals surface area contributed by atoms with E-state index >= 15 is 0 Å². The number of imidazole rings is 1. The zero-order valence-corrected chi connectivity index (χ0v) is 22.8. The summed E-state index contributed by atoms with van der Waals surface area (Å²) >= 11 is 0. The van der Waals surface area contributed by atoms with Gasteiger partial charge in [-0.25, -0.2) is 4.98 Å². The Bertz CT molecular complexity index is 1610. The molecule has 6 rings (SSSR count). The van der Waals surface area contributed by atoms with Gasteiger partial charge in [-0.1, -0.05) is 18.2 Å². The van der Waals surface area contributed by atoms with Gasteiger partial charge >= 0.3 is 12.1 Å². The number of ether oxygens (including phenoxy) is 3. The summed E-state index contributed by atoms with van der Waals surface area (Å²) in [7, 11) is 1.38. The van der Waals surface area contributed by atoms with Crippen LogP contribution in [0.2, 0.25) is 0 Å². The quantitative estimate of drug-likeness (QED) is 0.247. The molecule has 7 nitrogen and oxygen atoms in total. The van der Waals surface area contributed by atoms with Crippen LogP contribution < -0.4 is 10.1 Å². The van der Waals surface area contributed by atoms with Crippen LogP contribution in [0.5, 0.6) is 5.75 Å². The first kappa shape index (κ1) is 27.1. The number of rotatable bonds is 7. The van der Waals surface area contributed by atoms with E-state index in [-0.39, 0.29) is 29.9 Å². The first-order valence-corrected chi connectivity index (χ1v) is 13.6. The number of benzene rings is 3. The number of fused-ring (bicyclic) bond motifs is 2. The standard InChI is InChI=1S/C31H30F3N3O4/c1-18-19(16-35-22-9-10-23-20(13-29(38)39-2)17-41-28(23)15-22)5-3-6-25(18)37-26-11-8-21(31(32,33)34)14-24(26)36-30(37)27-7-4-12-40-27/h3,5-6,8-11,14-15,20,27,35H,4,7,12-13,16-17H2,1-2H3. The fourth-order valence-electron chi connectivity index (χ4n) is 5.67. The van der Waals surface area contributed by atoms with E-state index in [4.69, 9.17) is 14.2 Å². The molecule has 0 radical (unpaired) electrons. The van der Waals surface area contributed by atoms with Crippen LogP contribution in [0.1, 0.15) is 59.4 Å². The molecule has 0 bridgehead atoms. The lowest BCUT2D eigenvalue weighted by Gasteiger charge is -2.18. The maximum atomic E-state index is 13.5. The molecule has 10 heteroatoms. The first-order valence-electron chi connectivity index (χ1n) is 13.6. The summed E-state index contributed by atoms with van der Waals surface area (Å²) in [5.41, 5.74) is 4.89. The predicted octanol–water partition coefficient (Wildman–Crippen LogP) is 6.86. The third kappa shape index (κ3) is 5.24. The van der Waals surface area contributed by atoms with Gasteiger partial charge in [-0.3, -0.25) is 9.36 Å². The number of carbonyl (C=O) groups excluding carboxylic acids is 1. The summed E-state index contributed by atoms with van der Waals surface area (Å²) in [4.78, 5) is 16.4. The predicted molar refractivity (Wildman–Crippen MR) is 147 cm³/mol. The maximum Gasteiger partial charge on any atom is 0.416 e. The minimum absolute atomic E-state index is 0.0271. The first-order chi connectivity index (χ1) is 19.7. The van der Waals surface area contributed by atoms with E-state index in [1.54, 1.807) is 0 Å². The highest BCUT2D eigenvalue weighted by Gasteiger charge is 2.32. The van der Waals surface area contributed by atoms with Crippen LogP contribution in [0.4, 0.5) is 18.9 Å². The lowest BCUT2D eigenvalue weighted by Crippen LogP contribution is -2.10. The van der Waals surface area contributed by atoms with E-state index in [9.17, 15) is 18.0 Å². The van der Waals surface area contributed by atoms with Gasteiger partial charge in [0.15, 0.2) is 0 Å². The van der Waals surface area contributed by atoms with Crippen LogP contribution in [0.3, 0.4) is 0 Å². The SMILES string of the molecule is COC(=O)CC1COc2cc(NCc3cccc(-n4c(C5CCCO5)nc5cc(C(F)(F)F)ccc54)c3C)ccc21. The minimum atomic E-state index is -4.45. The van der Waals surface area contributed by atoms with Gasteiger partial charge < -0.3 is 19.5 Å². The summed E-state index contributed by atoms with van der Waals surface area (Å²) in [6.07, 6.45) is -2.83. The largest absolute Gasteiger partial charge is 0.493 e. The highest BCUT2D eigenvalue weighted by Crippen LogP contribution is 2.39. The monoisotopic (exact) mass is 565 g/mol. The van der Waals surface area contributed by atoms with Crippen molar-refractivity contribution in [1.82, 2.24) is 9.55 Å². The third-order valence-corrected chi connectivity index (χ3v) is 7.90. The Balaban J connectivity index is 1.30. The molecule has 214 valence electrons. The number of esters is 1. The number of halogens is 3. The summed E-state index contributed by atoms with van der Waals surface area (Å²) in [5, 5.41) is 3.46. The number of hydrogen-bond acceptors (Lipinski definition) is 6. The Hall–Kier alpha value is -4.05. The molecule has 3 aromatic carbocycles. The number of alkyl halides is 3. The van der Waals surface area contributed by atoms with Crippen molar-refractivity contribution in [3.63, 3.8) is 0 Å². The highest BCUT2D eigenvalue weighted by atomic mass is 19.4. The Morgan fingerprint density at radius 1 is 1.17 bits per heavy atom. The van der Waals surface area contributed by atoms with Gasteiger partial charge in [0, 0.05) is 36.4 Å². The van der Waals surface area contributed by atoms with Crippen molar-refractivity contribution >= 4 is 22.7 Å². The van der Waals surface area contributed by atoms with Crippen LogP contribution in [0, 0.1) is 6.92 Å². The second-order valence-electron chi connectivity index (χ2n) is 10.5. The van der Waals surface area contributed by atoms with Gasteiger partial charge in [-0.2, -0.15) is 13.2 Å². The van der Waals surface area contributed by atoms with Crippen LogP contribution in [0.15, 0.2) is 54.6 Å². The Labute approximate surface area is 235 Å². The lowest BCUT2D eigenvalue weighted by atomic mass is 9.97. The zero-order valence-electron chi connectivity index (χ0n) is 22.8. The van der Waals surface area contributed by atoms with Crippen LogP contribution >= 0.6 is 0 Å². The van der Waals surface area contributed by atoms with Gasteiger partial charge in [0.25, 0.3) is 0 Å². The van der Waals surface area contributed by atoms with Crippen molar-refractivity contribution in [2.24, 2.45) is 0 Å². The van der Waals surface area contributed by atoms with Gasteiger partial charge in [0.1, 0.15) is 17.7 Å². The van der Waals surface area contributed by atoms with E-state index in [0.29, 0.717) is 31.1 Å². The van der Waals surface area contributed by atoms with Gasteiger partial charge in [0.05, 0.1) is 42.4 Å².